The summed E-state index contributed by atoms with van der Waals surface area (Å²) in [6.07, 6.45) is -4.62. The van der Waals surface area contributed by atoms with E-state index in [0.29, 0.717) is 5.56 Å². The molecule has 0 atom stereocenters. The van der Waals surface area contributed by atoms with Crippen molar-refractivity contribution in [1.82, 2.24) is 9.78 Å². The van der Waals surface area contributed by atoms with Crippen molar-refractivity contribution in [3.05, 3.63) is 40.8 Å². The Balaban J connectivity index is 2.59. The zero-order valence-electron chi connectivity index (χ0n) is 9.09. The summed E-state index contributed by atoms with van der Waals surface area (Å²) in [6.45, 7) is 0. The van der Waals surface area contributed by atoms with Crippen LogP contribution in [-0.4, -0.2) is 9.78 Å². The second-order valence-electron chi connectivity index (χ2n) is 3.64. The number of nitrogens with zero attached hydrogens (tertiary/aromatic N) is 2. The molecule has 96 valence electrons. The van der Waals surface area contributed by atoms with Gasteiger partial charge in [-0.2, -0.15) is 18.3 Å². The number of halogens is 5. The maximum atomic E-state index is 12.8. The molecule has 0 N–H and O–H groups in total. The minimum Gasteiger partial charge on any atom is -0.266 e. The van der Waals surface area contributed by atoms with Gasteiger partial charge in [-0.1, -0.05) is 11.6 Å². The number of benzene rings is 1. The first-order valence-electron chi connectivity index (χ1n) is 4.86. The van der Waals surface area contributed by atoms with Gasteiger partial charge in [0.05, 0.1) is 10.7 Å². The highest BCUT2D eigenvalue weighted by Gasteiger charge is 2.38. The Morgan fingerprint density at radius 3 is 2.17 bits per heavy atom. The summed E-state index contributed by atoms with van der Waals surface area (Å²) in [4.78, 5) is 0. The predicted molar refractivity (Wildman–Crippen MR) is 58.6 cm³/mol. The van der Waals surface area contributed by atoms with E-state index in [2.05, 4.69) is 5.10 Å². The molecule has 0 amide bonds. The fraction of sp³-hybridized carbons (Fsp3) is 0.182. The first-order valence-corrected chi connectivity index (χ1v) is 5.24. The predicted octanol–water partition coefficient (Wildman–Crippen LogP) is 3.90. The summed E-state index contributed by atoms with van der Waals surface area (Å²) < 4.78 is 51.6. The van der Waals surface area contributed by atoms with Crippen LogP contribution in [-0.2, 0) is 13.2 Å². The minimum absolute atomic E-state index is 0.101. The SMILES string of the molecule is Cn1nc(C(F)(F)F)c(Cl)c1-c1ccc(F)cc1. The monoisotopic (exact) mass is 278 g/mol. The third kappa shape index (κ3) is 2.20. The third-order valence-corrected chi connectivity index (χ3v) is 2.73. The highest BCUT2D eigenvalue weighted by atomic mass is 35.5. The van der Waals surface area contributed by atoms with Gasteiger partial charge in [-0.05, 0) is 24.3 Å². The van der Waals surface area contributed by atoms with Crippen LogP contribution in [0.3, 0.4) is 0 Å². The molecule has 0 saturated heterocycles. The Kier molecular flexibility index (Phi) is 3.06. The summed E-state index contributed by atoms with van der Waals surface area (Å²) in [6, 6.07) is 4.98. The molecule has 0 bridgehead atoms. The quantitative estimate of drug-likeness (QED) is 0.724. The van der Waals surface area contributed by atoms with Crippen molar-refractivity contribution in [3.63, 3.8) is 0 Å². The summed E-state index contributed by atoms with van der Waals surface area (Å²) in [5, 5.41) is 2.86. The van der Waals surface area contributed by atoms with Crippen LogP contribution in [0, 0.1) is 5.82 Å². The van der Waals surface area contributed by atoms with Crippen LogP contribution in [0.4, 0.5) is 17.6 Å². The maximum absolute atomic E-state index is 12.8. The average molecular weight is 279 g/mol. The summed E-state index contributed by atoms with van der Waals surface area (Å²) >= 11 is 5.69. The van der Waals surface area contributed by atoms with Crippen LogP contribution in [0.5, 0.6) is 0 Å². The molecule has 0 saturated carbocycles. The Hall–Kier alpha value is -1.56. The van der Waals surface area contributed by atoms with Gasteiger partial charge in [0.15, 0.2) is 5.69 Å². The molecule has 0 unspecified atom stereocenters. The molecule has 1 aromatic heterocycles. The van der Waals surface area contributed by atoms with Crippen LogP contribution < -0.4 is 0 Å². The smallest absolute Gasteiger partial charge is 0.266 e. The minimum atomic E-state index is -4.62. The Morgan fingerprint density at radius 1 is 1.17 bits per heavy atom. The second-order valence-corrected chi connectivity index (χ2v) is 4.02. The van der Waals surface area contributed by atoms with Gasteiger partial charge < -0.3 is 0 Å². The van der Waals surface area contributed by atoms with Gasteiger partial charge in [-0.3, -0.25) is 4.68 Å². The number of aryl methyl sites for hydroxylation is 1. The lowest BCUT2D eigenvalue weighted by Crippen LogP contribution is -2.07. The lowest BCUT2D eigenvalue weighted by Gasteiger charge is -2.03. The Labute approximate surface area is 105 Å². The van der Waals surface area contributed by atoms with Crippen molar-refractivity contribution in [2.45, 2.75) is 6.18 Å². The van der Waals surface area contributed by atoms with E-state index in [1.54, 1.807) is 0 Å². The van der Waals surface area contributed by atoms with E-state index in [4.69, 9.17) is 11.6 Å². The normalized spacial score (nSPS) is 11.9. The van der Waals surface area contributed by atoms with Gasteiger partial charge in [0, 0.05) is 12.6 Å². The molecule has 0 fully saturated rings. The summed E-state index contributed by atoms with van der Waals surface area (Å²) in [5.74, 6) is -0.479. The van der Waals surface area contributed by atoms with Gasteiger partial charge in [0.25, 0.3) is 0 Å². The fourth-order valence-corrected chi connectivity index (χ4v) is 1.98. The second kappa shape index (κ2) is 4.28. The average Bonchev–Trinajstić information content (AvgIpc) is 2.56. The van der Waals surface area contributed by atoms with Crippen molar-refractivity contribution in [2.24, 2.45) is 7.05 Å². The topological polar surface area (TPSA) is 17.8 Å². The lowest BCUT2D eigenvalue weighted by atomic mass is 10.1. The number of alkyl halides is 3. The standard InChI is InChI=1S/C11H7ClF4N2/c1-18-9(6-2-4-7(13)5-3-6)8(12)10(17-18)11(14,15)16/h2-5H,1H3. The highest BCUT2D eigenvalue weighted by Crippen LogP contribution is 2.39. The van der Waals surface area contributed by atoms with E-state index >= 15 is 0 Å². The molecule has 0 radical (unpaired) electrons. The van der Waals surface area contributed by atoms with Crippen molar-refractivity contribution < 1.29 is 17.6 Å². The van der Waals surface area contributed by atoms with Gasteiger partial charge in [-0.25, -0.2) is 4.39 Å². The first kappa shape index (κ1) is 12.9. The molecule has 2 rings (SSSR count). The van der Waals surface area contributed by atoms with E-state index < -0.39 is 22.7 Å². The summed E-state index contributed by atoms with van der Waals surface area (Å²) in [5.41, 5.74) is -0.679. The number of hydrogen-bond acceptors (Lipinski definition) is 1. The fourth-order valence-electron chi connectivity index (χ4n) is 1.60. The van der Waals surface area contributed by atoms with Crippen LogP contribution in [0.1, 0.15) is 5.69 Å². The maximum Gasteiger partial charge on any atom is 0.436 e. The zero-order valence-corrected chi connectivity index (χ0v) is 9.85. The van der Waals surface area contributed by atoms with Gasteiger partial charge in [-0.15, -0.1) is 0 Å². The molecular formula is C11H7ClF4N2. The van der Waals surface area contributed by atoms with Gasteiger partial charge in [0.2, 0.25) is 0 Å². The lowest BCUT2D eigenvalue weighted by molar-refractivity contribution is -0.141. The molecule has 1 heterocycles. The Bertz CT molecular complexity index is 572. The number of aromatic nitrogens is 2. The van der Waals surface area contributed by atoms with Gasteiger partial charge in [0.1, 0.15) is 5.82 Å². The summed E-state index contributed by atoms with van der Waals surface area (Å²) in [7, 11) is 1.35. The van der Waals surface area contributed by atoms with E-state index in [1.165, 1.54) is 19.2 Å². The molecule has 2 nitrogen and oxygen atoms in total. The van der Waals surface area contributed by atoms with Crippen LogP contribution >= 0.6 is 11.6 Å². The van der Waals surface area contributed by atoms with Gasteiger partial charge >= 0.3 is 6.18 Å². The van der Waals surface area contributed by atoms with Crippen LogP contribution in [0.25, 0.3) is 11.3 Å². The van der Waals surface area contributed by atoms with E-state index in [-0.39, 0.29) is 5.69 Å². The highest BCUT2D eigenvalue weighted by molar-refractivity contribution is 6.33. The van der Waals surface area contributed by atoms with Crippen molar-refractivity contribution in [3.8, 4) is 11.3 Å². The van der Waals surface area contributed by atoms with Crippen molar-refractivity contribution >= 4 is 11.6 Å². The van der Waals surface area contributed by atoms with E-state index in [0.717, 1.165) is 16.8 Å². The largest absolute Gasteiger partial charge is 0.436 e. The molecule has 0 aliphatic heterocycles. The van der Waals surface area contributed by atoms with Crippen molar-refractivity contribution in [1.29, 1.82) is 0 Å². The number of rotatable bonds is 1. The molecular weight excluding hydrogens is 272 g/mol. The van der Waals surface area contributed by atoms with Crippen LogP contribution in [0.15, 0.2) is 24.3 Å². The zero-order chi connectivity index (χ0) is 13.5. The van der Waals surface area contributed by atoms with Crippen molar-refractivity contribution in [2.75, 3.05) is 0 Å². The van der Waals surface area contributed by atoms with E-state index in [1.807, 2.05) is 0 Å². The molecule has 1 aromatic carbocycles. The molecule has 18 heavy (non-hydrogen) atoms. The third-order valence-electron chi connectivity index (χ3n) is 2.38. The van der Waals surface area contributed by atoms with Crippen LogP contribution in [0.2, 0.25) is 5.02 Å². The number of hydrogen-bond donors (Lipinski definition) is 0. The van der Waals surface area contributed by atoms with E-state index in [9.17, 15) is 17.6 Å². The molecule has 0 spiro atoms. The molecule has 0 aliphatic carbocycles. The molecule has 7 heteroatoms. The Morgan fingerprint density at radius 2 is 1.72 bits per heavy atom. The molecule has 0 aliphatic rings. The molecule has 2 aromatic rings. The first-order chi connectivity index (χ1) is 8.30.